The standard InChI is InChI=1S/C64H123NO13/c1-3-5-7-9-11-13-15-17-19-21-23-25-26-28-29-31-33-35-37-39-41-43-45-47-53(68)52(51-75-63-61(74)59(72)62(55(50-67)77-63)78-64-60(73)58(71)57(70)54(49-66)76-64)65-56(69)48-46-44-42-40-38-36-34-32-30-27-24-22-20-18-16-14-12-10-8-6-4-2/h22,24,52-55,57-64,66-68,70-74H,3-21,23,25-51H2,1-2H3,(H,65,69)/b24-22-. The fraction of sp³-hybridized carbons (Fsp3) is 0.953. The minimum Gasteiger partial charge on any atom is -0.394 e. The summed E-state index contributed by atoms with van der Waals surface area (Å²) in [7, 11) is 0. The predicted octanol–water partition coefficient (Wildman–Crippen LogP) is 12.2. The van der Waals surface area contributed by atoms with Crippen LogP contribution in [-0.2, 0) is 23.7 Å². The van der Waals surface area contributed by atoms with Crippen molar-refractivity contribution in [2.75, 3.05) is 19.8 Å². The zero-order valence-electron chi connectivity index (χ0n) is 49.9. The summed E-state index contributed by atoms with van der Waals surface area (Å²) in [5.41, 5.74) is 0. The summed E-state index contributed by atoms with van der Waals surface area (Å²) in [6.45, 7) is 2.91. The third-order valence-corrected chi connectivity index (χ3v) is 16.5. The van der Waals surface area contributed by atoms with Gasteiger partial charge in [-0.15, -0.1) is 0 Å². The molecule has 14 heteroatoms. The van der Waals surface area contributed by atoms with Gasteiger partial charge in [0.05, 0.1) is 32.0 Å². The van der Waals surface area contributed by atoms with Crippen LogP contribution in [0.3, 0.4) is 0 Å². The molecule has 12 atom stereocenters. The van der Waals surface area contributed by atoms with Gasteiger partial charge >= 0.3 is 0 Å². The van der Waals surface area contributed by atoms with E-state index >= 15 is 0 Å². The minimum absolute atomic E-state index is 0.203. The molecule has 0 saturated carbocycles. The van der Waals surface area contributed by atoms with E-state index in [1.807, 2.05) is 0 Å². The van der Waals surface area contributed by atoms with E-state index in [-0.39, 0.29) is 12.5 Å². The lowest BCUT2D eigenvalue weighted by atomic mass is 9.97. The Kier molecular flexibility index (Phi) is 46.9. The van der Waals surface area contributed by atoms with Gasteiger partial charge in [-0.1, -0.05) is 264 Å². The Morgan fingerprint density at radius 2 is 0.808 bits per heavy atom. The molecule has 2 aliphatic heterocycles. The van der Waals surface area contributed by atoms with E-state index in [2.05, 4.69) is 31.3 Å². The summed E-state index contributed by atoms with van der Waals surface area (Å²) in [4.78, 5) is 13.3. The first-order chi connectivity index (χ1) is 38.1. The van der Waals surface area contributed by atoms with Crippen LogP contribution >= 0.6 is 0 Å². The number of ether oxygens (including phenoxy) is 4. The monoisotopic (exact) mass is 1110 g/mol. The van der Waals surface area contributed by atoms with Crippen molar-refractivity contribution in [3.05, 3.63) is 12.2 Å². The molecule has 2 aliphatic rings. The number of amides is 1. The molecule has 0 bridgehead atoms. The maximum absolute atomic E-state index is 13.3. The summed E-state index contributed by atoms with van der Waals surface area (Å²) in [5.74, 6) is -0.203. The van der Waals surface area contributed by atoms with Crippen LogP contribution in [0.1, 0.15) is 296 Å². The van der Waals surface area contributed by atoms with Crippen LogP contribution in [0.25, 0.3) is 0 Å². The molecule has 0 aliphatic carbocycles. The van der Waals surface area contributed by atoms with Crippen molar-refractivity contribution in [3.8, 4) is 0 Å². The number of rotatable bonds is 54. The third kappa shape index (κ3) is 35.0. The van der Waals surface area contributed by atoms with Gasteiger partial charge in [-0.2, -0.15) is 0 Å². The molecular weight excluding hydrogens is 991 g/mol. The highest BCUT2D eigenvalue weighted by molar-refractivity contribution is 5.76. The third-order valence-electron chi connectivity index (χ3n) is 16.5. The van der Waals surface area contributed by atoms with Crippen LogP contribution in [0.15, 0.2) is 12.2 Å². The first-order valence-electron chi connectivity index (χ1n) is 32.9. The fourth-order valence-corrected chi connectivity index (χ4v) is 11.2. The van der Waals surface area contributed by atoms with Gasteiger partial charge in [-0.3, -0.25) is 4.79 Å². The highest BCUT2D eigenvalue weighted by atomic mass is 16.7. The van der Waals surface area contributed by atoms with Crippen molar-refractivity contribution in [2.45, 2.75) is 370 Å². The summed E-state index contributed by atoms with van der Waals surface area (Å²) in [5, 5.41) is 87.5. The van der Waals surface area contributed by atoms with E-state index in [1.165, 1.54) is 218 Å². The Morgan fingerprint density at radius 3 is 1.22 bits per heavy atom. The van der Waals surface area contributed by atoms with Gasteiger partial charge in [0.25, 0.3) is 0 Å². The maximum Gasteiger partial charge on any atom is 0.220 e. The largest absolute Gasteiger partial charge is 0.394 e. The predicted molar refractivity (Wildman–Crippen MR) is 314 cm³/mol. The van der Waals surface area contributed by atoms with Crippen LogP contribution in [-0.4, -0.2) is 140 Å². The number of carbonyl (C=O) groups is 1. The van der Waals surface area contributed by atoms with Gasteiger partial charge in [-0.25, -0.2) is 0 Å². The van der Waals surface area contributed by atoms with E-state index in [4.69, 9.17) is 18.9 Å². The molecule has 0 spiro atoms. The molecule has 0 radical (unpaired) electrons. The number of aliphatic hydroxyl groups is 8. The molecule has 78 heavy (non-hydrogen) atoms. The van der Waals surface area contributed by atoms with Crippen molar-refractivity contribution in [1.29, 1.82) is 0 Å². The summed E-state index contributed by atoms with van der Waals surface area (Å²) >= 11 is 0. The Morgan fingerprint density at radius 1 is 0.449 bits per heavy atom. The quantitative estimate of drug-likeness (QED) is 0.0204. The molecule has 2 heterocycles. The SMILES string of the molecule is CCCCCCCCCC/C=C\CCCCCCCCCCCC(=O)NC(COC1OC(CO)C(OC2OC(CO)C(O)C(O)C2O)C(O)C1O)C(O)CCCCCCCCCCCCCCCCCCCCCCCCC. The molecule has 2 fully saturated rings. The molecule has 0 aromatic rings. The zero-order chi connectivity index (χ0) is 56.7. The van der Waals surface area contributed by atoms with Crippen LogP contribution in [0, 0.1) is 0 Å². The molecule has 0 aromatic heterocycles. The molecule has 1 amide bonds. The van der Waals surface area contributed by atoms with E-state index in [1.54, 1.807) is 0 Å². The van der Waals surface area contributed by atoms with Crippen LogP contribution < -0.4 is 5.32 Å². The molecule has 462 valence electrons. The first kappa shape index (κ1) is 72.8. The molecule has 2 rings (SSSR count). The second-order valence-electron chi connectivity index (χ2n) is 23.6. The maximum atomic E-state index is 13.3. The van der Waals surface area contributed by atoms with Gasteiger partial charge in [-0.05, 0) is 38.5 Å². The molecule has 2 saturated heterocycles. The number of aliphatic hydroxyl groups excluding tert-OH is 8. The van der Waals surface area contributed by atoms with Crippen LogP contribution in [0.2, 0.25) is 0 Å². The van der Waals surface area contributed by atoms with Gasteiger partial charge in [0.15, 0.2) is 12.6 Å². The van der Waals surface area contributed by atoms with Crippen LogP contribution in [0.4, 0.5) is 0 Å². The Hall–Kier alpha value is -1.27. The molecular formula is C64H123NO13. The zero-order valence-corrected chi connectivity index (χ0v) is 49.9. The minimum atomic E-state index is -1.78. The van der Waals surface area contributed by atoms with Crippen molar-refractivity contribution in [1.82, 2.24) is 5.32 Å². The highest BCUT2D eigenvalue weighted by Crippen LogP contribution is 2.30. The lowest BCUT2D eigenvalue weighted by molar-refractivity contribution is -0.359. The molecule has 14 nitrogen and oxygen atoms in total. The number of nitrogens with one attached hydrogen (secondary N) is 1. The van der Waals surface area contributed by atoms with E-state index in [0.717, 1.165) is 51.4 Å². The fourth-order valence-electron chi connectivity index (χ4n) is 11.2. The average molecular weight is 1110 g/mol. The number of hydrogen-bond acceptors (Lipinski definition) is 13. The van der Waals surface area contributed by atoms with E-state index in [0.29, 0.717) is 12.8 Å². The van der Waals surface area contributed by atoms with Crippen molar-refractivity contribution in [2.24, 2.45) is 0 Å². The Labute approximate surface area is 476 Å². The highest BCUT2D eigenvalue weighted by Gasteiger charge is 2.51. The molecule has 9 N–H and O–H groups in total. The normalized spacial score (nSPS) is 24.5. The lowest BCUT2D eigenvalue weighted by Gasteiger charge is -2.46. The van der Waals surface area contributed by atoms with Crippen molar-refractivity contribution < 1.29 is 64.6 Å². The summed E-state index contributed by atoms with van der Waals surface area (Å²) in [6, 6.07) is -0.828. The van der Waals surface area contributed by atoms with Crippen molar-refractivity contribution >= 4 is 5.91 Å². The Bertz CT molecular complexity index is 1360. The second-order valence-corrected chi connectivity index (χ2v) is 23.6. The number of allylic oxidation sites excluding steroid dienone is 2. The Balaban J connectivity index is 1.71. The smallest absolute Gasteiger partial charge is 0.220 e. The first-order valence-corrected chi connectivity index (χ1v) is 32.9. The van der Waals surface area contributed by atoms with Gasteiger partial charge < -0.3 is 65.1 Å². The van der Waals surface area contributed by atoms with E-state index < -0.39 is 86.8 Å². The topological polar surface area (TPSA) is 228 Å². The van der Waals surface area contributed by atoms with Crippen molar-refractivity contribution in [3.63, 3.8) is 0 Å². The van der Waals surface area contributed by atoms with Gasteiger partial charge in [0.1, 0.15) is 48.8 Å². The van der Waals surface area contributed by atoms with Gasteiger partial charge in [0.2, 0.25) is 5.91 Å². The average Bonchev–Trinajstić information content (AvgIpc) is 3.48. The van der Waals surface area contributed by atoms with Crippen LogP contribution in [0.5, 0.6) is 0 Å². The van der Waals surface area contributed by atoms with Gasteiger partial charge in [0, 0.05) is 6.42 Å². The summed E-state index contributed by atoms with van der Waals surface area (Å²) < 4.78 is 22.9. The molecule has 12 unspecified atom stereocenters. The number of unbranched alkanes of at least 4 members (excludes halogenated alkanes) is 39. The lowest BCUT2D eigenvalue weighted by Crippen LogP contribution is -2.65. The van der Waals surface area contributed by atoms with E-state index in [9.17, 15) is 45.6 Å². The second kappa shape index (κ2) is 50.3. The summed E-state index contributed by atoms with van der Waals surface area (Å²) in [6.07, 6.45) is 42.1. The number of hydrogen-bond donors (Lipinski definition) is 9. The molecule has 0 aromatic carbocycles. The number of carbonyl (C=O) groups excluding carboxylic acids is 1.